The molecule has 2 rings (SSSR count). The maximum Gasteiger partial charge on any atom is 0.303 e. The van der Waals surface area contributed by atoms with Gasteiger partial charge in [-0.3, -0.25) is 4.79 Å². The van der Waals surface area contributed by atoms with E-state index in [-0.39, 0.29) is 12.2 Å². The first-order valence-electron chi connectivity index (χ1n) is 5.97. The molecule has 5 heteroatoms. The Kier molecular flexibility index (Phi) is 4.02. The van der Waals surface area contributed by atoms with Crippen LogP contribution in [0.4, 0.5) is 4.39 Å². The molecule has 0 saturated heterocycles. The van der Waals surface area contributed by atoms with Crippen LogP contribution in [0.3, 0.4) is 0 Å². The molecule has 18 heavy (non-hydrogen) atoms. The summed E-state index contributed by atoms with van der Waals surface area (Å²) >= 11 is 0. The van der Waals surface area contributed by atoms with Crippen LogP contribution in [0.1, 0.15) is 24.8 Å². The van der Waals surface area contributed by atoms with Crippen LogP contribution in [0.25, 0.3) is 0 Å². The Morgan fingerprint density at radius 2 is 2.00 bits per heavy atom. The van der Waals surface area contributed by atoms with Gasteiger partial charge < -0.3 is 14.6 Å². The van der Waals surface area contributed by atoms with Gasteiger partial charge in [0, 0.05) is 12.8 Å². The van der Waals surface area contributed by atoms with Crippen LogP contribution < -0.4 is 9.47 Å². The van der Waals surface area contributed by atoms with E-state index in [2.05, 4.69) is 0 Å². The lowest BCUT2D eigenvalue weighted by Gasteiger charge is -2.12. The van der Waals surface area contributed by atoms with E-state index in [1.165, 1.54) is 6.07 Å². The van der Waals surface area contributed by atoms with Gasteiger partial charge >= 0.3 is 5.97 Å². The Labute approximate surface area is 104 Å². The summed E-state index contributed by atoms with van der Waals surface area (Å²) in [7, 11) is 0. The number of carboxylic acid groups (broad SMARTS) is 1. The van der Waals surface area contributed by atoms with Gasteiger partial charge in [0.2, 0.25) is 0 Å². The van der Waals surface area contributed by atoms with E-state index in [0.717, 1.165) is 5.56 Å². The van der Waals surface area contributed by atoms with Crippen molar-refractivity contribution in [1.82, 2.24) is 0 Å². The van der Waals surface area contributed by atoms with E-state index in [4.69, 9.17) is 14.6 Å². The Hall–Kier alpha value is -1.78. The van der Waals surface area contributed by atoms with Crippen LogP contribution in [0.5, 0.6) is 11.5 Å². The molecule has 98 valence electrons. The molecule has 4 nitrogen and oxygen atoms in total. The lowest BCUT2D eigenvalue weighted by molar-refractivity contribution is -0.137. The quantitative estimate of drug-likeness (QED) is 0.896. The van der Waals surface area contributed by atoms with Crippen molar-refractivity contribution in [3.8, 4) is 11.5 Å². The van der Waals surface area contributed by atoms with E-state index in [1.54, 1.807) is 6.07 Å². The summed E-state index contributed by atoms with van der Waals surface area (Å²) in [6, 6.07) is 2.97. The zero-order valence-corrected chi connectivity index (χ0v) is 9.95. The summed E-state index contributed by atoms with van der Waals surface area (Å²) in [4.78, 5) is 10.5. The minimum atomic E-state index is -0.833. The molecule has 1 aliphatic rings. The van der Waals surface area contributed by atoms with E-state index in [1.807, 2.05) is 0 Å². The van der Waals surface area contributed by atoms with Crippen molar-refractivity contribution in [2.45, 2.75) is 25.7 Å². The molecule has 1 heterocycles. The zero-order valence-electron chi connectivity index (χ0n) is 9.95. The third-order valence-corrected chi connectivity index (χ3v) is 2.76. The number of benzene rings is 1. The summed E-state index contributed by atoms with van der Waals surface area (Å²) in [6.45, 7) is 0.922. The van der Waals surface area contributed by atoms with E-state index < -0.39 is 11.8 Å². The van der Waals surface area contributed by atoms with Gasteiger partial charge in [-0.2, -0.15) is 0 Å². The minimum Gasteiger partial charge on any atom is -0.489 e. The van der Waals surface area contributed by atoms with Crippen molar-refractivity contribution >= 4 is 5.97 Å². The fourth-order valence-corrected chi connectivity index (χ4v) is 1.91. The van der Waals surface area contributed by atoms with Gasteiger partial charge in [0.15, 0.2) is 17.3 Å². The summed E-state index contributed by atoms with van der Waals surface area (Å²) in [5.74, 6) is -0.688. The zero-order chi connectivity index (χ0) is 13.0. The van der Waals surface area contributed by atoms with Gasteiger partial charge in [-0.1, -0.05) is 6.07 Å². The molecule has 1 aliphatic heterocycles. The number of aliphatic carboxylic acids is 1. The number of fused-ring (bicyclic) bond motifs is 1. The molecule has 0 radical (unpaired) electrons. The molecule has 0 spiro atoms. The van der Waals surface area contributed by atoms with Crippen LogP contribution in [-0.2, 0) is 11.2 Å². The van der Waals surface area contributed by atoms with Crippen LogP contribution >= 0.6 is 0 Å². The molecule has 0 saturated carbocycles. The highest BCUT2D eigenvalue weighted by Crippen LogP contribution is 2.36. The molecule has 1 aromatic rings. The second-order valence-corrected chi connectivity index (χ2v) is 4.16. The van der Waals surface area contributed by atoms with Crippen LogP contribution in [-0.4, -0.2) is 24.3 Å². The van der Waals surface area contributed by atoms with Gasteiger partial charge in [-0.05, 0) is 24.5 Å². The second kappa shape index (κ2) is 5.71. The third kappa shape index (κ3) is 2.91. The summed E-state index contributed by atoms with van der Waals surface area (Å²) in [6.07, 6.45) is 1.84. The molecule has 1 aromatic carbocycles. The number of aryl methyl sites for hydroxylation is 1. The molecule has 0 fully saturated rings. The fraction of sp³-hybridized carbons (Fsp3) is 0.462. The molecule has 0 atom stereocenters. The predicted octanol–water partition coefficient (Wildman–Crippen LogP) is 2.39. The van der Waals surface area contributed by atoms with Gasteiger partial charge in [0.1, 0.15) is 0 Å². The highest BCUT2D eigenvalue weighted by Gasteiger charge is 2.19. The van der Waals surface area contributed by atoms with Crippen LogP contribution in [0, 0.1) is 5.82 Å². The van der Waals surface area contributed by atoms with Crippen LogP contribution in [0.2, 0.25) is 0 Å². The maximum atomic E-state index is 13.6. The number of halogens is 1. The van der Waals surface area contributed by atoms with Crippen LogP contribution in [0.15, 0.2) is 12.1 Å². The molecule has 0 unspecified atom stereocenters. The number of ether oxygens (including phenoxy) is 2. The molecule has 0 aromatic heterocycles. The lowest BCUT2D eigenvalue weighted by atomic mass is 10.1. The van der Waals surface area contributed by atoms with E-state index >= 15 is 0 Å². The first kappa shape index (κ1) is 12.7. The molecular weight excluding hydrogens is 239 g/mol. The summed E-state index contributed by atoms with van der Waals surface area (Å²) in [5, 5.41) is 8.60. The van der Waals surface area contributed by atoms with Crippen molar-refractivity contribution in [2.24, 2.45) is 0 Å². The molecule has 0 bridgehead atoms. The number of hydrogen-bond donors (Lipinski definition) is 1. The van der Waals surface area contributed by atoms with Crippen molar-refractivity contribution in [1.29, 1.82) is 0 Å². The van der Waals surface area contributed by atoms with Gasteiger partial charge in [0.05, 0.1) is 13.2 Å². The number of carbonyl (C=O) groups is 1. The highest BCUT2D eigenvalue weighted by molar-refractivity contribution is 5.66. The largest absolute Gasteiger partial charge is 0.489 e. The lowest BCUT2D eigenvalue weighted by Crippen LogP contribution is -2.01. The standard InChI is InChI=1S/C13H15FO4/c14-10-6-5-9(3-1-4-11(15)16)12-13(10)18-8-2-7-17-12/h5-6H,1-4,7-8H2,(H,15,16). The number of carboxylic acids is 1. The fourth-order valence-electron chi connectivity index (χ4n) is 1.91. The number of hydrogen-bond acceptors (Lipinski definition) is 3. The summed E-state index contributed by atoms with van der Waals surface area (Å²) < 4.78 is 24.4. The Morgan fingerprint density at radius 1 is 1.28 bits per heavy atom. The normalized spacial score (nSPS) is 14.1. The summed E-state index contributed by atoms with van der Waals surface area (Å²) in [5.41, 5.74) is 0.801. The van der Waals surface area contributed by atoms with Gasteiger partial charge in [0.25, 0.3) is 0 Å². The first-order chi connectivity index (χ1) is 8.68. The second-order valence-electron chi connectivity index (χ2n) is 4.16. The topological polar surface area (TPSA) is 55.8 Å². The minimum absolute atomic E-state index is 0.0903. The molecular formula is C13H15FO4. The SMILES string of the molecule is O=C(O)CCCc1ccc(F)c2c1OCCCO2. The highest BCUT2D eigenvalue weighted by atomic mass is 19.1. The average Bonchev–Trinajstić information content (AvgIpc) is 2.58. The average molecular weight is 254 g/mol. The Bertz CT molecular complexity index is 445. The first-order valence-corrected chi connectivity index (χ1v) is 5.97. The predicted molar refractivity (Wildman–Crippen MR) is 62.6 cm³/mol. The van der Waals surface area contributed by atoms with E-state index in [0.29, 0.717) is 38.2 Å². The van der Waals surface area contributed by atoms with Gasteiger partial charge in [-0.15, -0.1) is 0 Å². The Morgan fingerprint density at radius 3 is 2.72 bits per heavy atom. The number of rotatable bonds is 4. The maximum absolute atomic E-state index is 13.6. The van der Waals surface area contributed by atoms with Crippen molar-refractivity contribution < 1.29 is 23.8 Å². The van der Waals surface area contributed by atoms with Crippen molar-refractivity contribution in [3.63, 3.8) is 0 Å². The van der Waals surface area contributed by atoms with Gasteiger partial charge in [-0.25, -0.2) is 4.39 Å². The molecule has 1 N–H and O–H groups in total. The van der Waals surface area contributed by atoms with E-state index in [9.17, 15) is 9.18 Å². The third-order valence-electron chi connectivity index (χ3n) is 2.76. The van der Waals surface area contributed by atoms with Crippen molar-refractivity contribution in [3.05, 3.63) is 23.5 Å². The smallest absolute Gasteiger partial charge is 0.303 e. The Balaban J connectivity index is 2.17. The molecule has 0 aliphatic carbocycles. The monoisotopic (exact) mass is 254 g/mol. The van der Waals surface area contributed by atoms with Crippen molar-refractivity contribution in [2.75, 3.05) is 13.2 Å². The molecule has 0 amide bonds.